The van der Waals surface area contributed by atoms with E-state index in [1.807, 2.05) is 13.0 Å². The summed E-state index contributed by atoms with van der Waals surface area (Å²) in [5.74, 6) is 0.837. The maximum atomic E-state index is 12.0. The Balaban J connectivity index is 1.46. The number of nitrogens with one attached hydrogen (secondary N) is 1. The van der Waals surface area contributed by atoms with Crippen LogP contribution in [-0.4, -0.2) is 18.6 Å². The molecule has 1 aromatic carbocycles. The Bertz CT molecular complexity index is 790. The molecule has 0 spiro atoms. The van der Waals surface area contributed by atoms with Crippen LogP contribution in [0.5, 0.6) is 5.75 Å². The smallest absolute Gasteiger partial charge is 0.336 e. The first-order valence-corrected chi connectivity index (χ1v) is 9.08. The van der Waals surface area contributed by atoms with Crippen molar-refractivity contribution in [2.24, 2.45) is 0 Å². The number of benzene rings is 1. The van der Waals surface area contributed by atoms with Gasteiger partial charge in [0.25, 0.3) is 0 Å². The molecular weight excluding hydrogens is 318 g/mol. The summed E-state index contributed by atoms with van der Waals surface area (Å²) >= 11 is 0. The van der Waals surface area contributed by atoms with E-state index in [0.29, 0.717) is 31.1 Å². The Labute approximate surface area is 147 Å². The zero-order chi connectivity index (χ0) is 17.6. The van der Waals surface area contributed by atoms with E-state index >= 15 is 0 Å². The highest BCUT2D eigenvalue weighted by atomic mass is 16.5. The molecule has 0 unspecified atom stereocenters. The minimum atomic E-state index is -0.345. The maximum absolute atomic E-state index is 12.0. The monoisotopic (exact) mass is 343 g/mol. The minimum absolute atomic E-state index is 0.117. The number of carbonyl (C=O) groups is 1. The molecular formula is C20H25NO4. The molecule has 5 nitrogen and oxygen atoms in total. The van der Waals surface area contributed by atoms with E-state index in [4.69, 9.17) is 9.15 Å². The largest absolute Gasteiger partial charge is 0.494 e. The third kappa shape index (κ3) is 4.84. The fourth-order valence-electron chi connectivity index (χ4n) is 3.36. The molecule has 1 heterocycles. The number of amides is 1. The topological polar surface area (TPSA) is 68.5 Å². The van der Waals surface area contributed by atoms with Crippen LogP contribution in [0, 0.1) is 6.92 Å². The van der Waals surface area contributed by atoms with Crippen LogP contribution in [0.4, 0.5) is 0 Å². The molecule has 5 heteroatoms. The zero-order valence-electron chi connectivity index (χ0n) is 14.7. The summed E-state index contributed by atoms with van der Waals surface area (Å²) in [5, 5.41) is 3.99. The summed E-state index contributed by atoms with van der Waals surface area (Å²) in [6.07, 6.45) is 7.10. The van der Waals surface area contributed by atoms with Gasteiger partial charge >= 0.3 is 5.63 Å². The van der Waals surface area contributed by atoms with Crippen LogP contribution in [0.25, 0.3) is 11.0 Å². The standard InChI is InChI=1S/C20H25NO4/c1-14-12-20(23)25-18-10-9-16(13-17(14)18)24-11-5-8-19(22)21-15-6-3-2-4-7-15/h9-10,12-13,15H,2-8,11H2,1H3,(H,21,22). The Morgan fingerprint density at radius 3 is 2.84 bits per heavy atom. The van der Waals surface area contributed by atoms with Crippen LogP contribution < -0.4 is 15.7 Å². The van der Waals surface area contributed by atoms with Crippen LogP contribution in [0.1, 0.15) is 50.5 Å². The Morgan fingerprint density at radius 2 is 2.04 bits per heavy atom. The van der Waals surface area contributed by atoms with Gasteiger partial charge in [-0.1, -0.05) is 19.3 Å². The molecule has 1 aliphatic rings. The lowest BCUT2D eigenvalue weighted by atomic mass is 9.95. The SMILES string of the molecule is Cc1cc(=O)oc2ccc(OCCCC(=O)NC3CCCCC3)cc12. The molecule has 0 bridgehead atoms. The minimum Gasteiger partial charge on any atom is -0.494 e. The predicted octanol–water partition coefficient (Wildman–Crippen LogP) is 3.71. The first kappa shape index (κ1) is 17.5. The molecule has 0 saturated heterocycles. The van der Waals surface area contributed by atoms with E-state index in [9.17, 15) is 9.59 Å². The molecule has 25 heavy (non-hydrogen) atoms. The molecule has 1 amide bonds. The predicted molar refractivity (Wildman–Crippen MR) is 97.0 cm³/mol. The van der Waals surface area contributed by atoms with E-state index in [1.165, 1.54) is 25.3 Å². The Morgan fingerprint density at radius 1 is 1.24 bits per heavy atom. The summed E-state index contributed by atoms with van der Waals surface area (Å²) in [6.45, 7) is 2.36. The van der Waals surface area contributed by atoms with Crippen molar-refractivity contribution in [1.29, 1.82) is 0 Å². The normalized spacial score (nSPS) is 15.2. The fourth-order valence-corrected chi connectivity index (χ4v) is 3.36. The molecule has 1 N–H and O–H groups in total. The quantitative estimate of drug-likeness (QED) is 0.641. The van der Waals surface area contributed by atoms with Crippen LogP contribution in [-0.2, 0) is 4.79 Å². The molecule has 134 valence electrons. The number of fused-ring (bicyclic) bond motifs is 1. The van der Waals surface area contributed by atoms with Crippen molar-refractivity contribution in [3.05, 3.63) is 40.2 Å². The van der Waals surface area contributed by atoms with Gasteiger partial charge in [0, 0.05) is 23.9 Å². The third-order valence-corrected chi connectivity index (χ3v) is 4.71. The van der Waals surface area contributed by atoms with Crippen molar-refractivity contribution < 1.29 is 13.9 Å². The Hall–Kier alpha value is -2.30. The number of rotatable bonds is 6. The van der Waals surface area contributed by atoms with E-state index in [-0.39, 0.29) is 11.5 Å². The van der Waals surface area contributed by atoms with Gasteiger partial charge in [-0.05, 0) is 49.9 Å². The van der Waals surface area contributed by atoms with Gasteiger partial charge in [-0.3, -0.25) is 4.79 Å². The van der Waals surface area contributed by atoms with Crippen molar-refractivity contribution in [2.75, 3.05) is 6.61 Å². The molecule has 0 atom stereocenters. The highest BCUT2D eigenvalue weighted by molar-refractivity contribution is 5.81. The van der Waals surface area contributed by atoms with Crippen LogP contribution in [0.15, 0.2) is 33.5 Å². The summed E-state index contributed by atoms with van der Waals surface area (Å²) in [7, 11) is 0. The van der Waals surface area contributed by atoms with Crippen LogP contribution >= 0.6 is 0 Å². The van der Waals surface area contributed by atoms with Gasteiger partial charge in [0.1, 0.15) is 11.3 Å². The van der Waals surface area contributed by atoms with Gasteiger partial charge < -0.3 is 14.5 Å². The molecule has 0 aliphatic heterocycles. The van der Waals surface area contributed by atoms with Gasteiger partial charge in [-0.25, -0.2) is 4.79 Å². The second kappa shape index (κ2) is 8.19. The summed E-state index contributed by atoms with van der Waals surface area (Å²) in [5.41, 5.74) is 1.08. The van der Waals surface area contributed by atoms with E-state index in [0.717, 1.165) is 29.5 Å². The molecule has 1 aromatic heterocycles. The van der Waals surface area contributed by atoms with Crippen molar-refractivity contribution in [3.63, 3.8) is 0 Å². The summed E-state index contributed by atoms with van der Waals surface area (Å²) in [6, 6.07) is 7.24. The van der Waals surface area contributed by atoms with Gasteiger partial charge in [0.2, 0.25) is 5.91 Å². The average Bonchev–Trinajstić information content (AvgIpc) is 2.60. The summed E-state index contributed by atoms with van der Waals surface area (Å²) < 4.78 is 10.9. The third-order valence-electron chi connectivity index (χ3n) is 4.71. The first-order chi connectivity index (χ1) is 12.1. The number of carbonyl (C=O) groups excluding carboxylic acids is 1. The molecule has 1 aliphatic carbocycles. The Kier molecular flexibility index (Phi) is 5.74. The van der Waals surface area contributed by atoms with Gasteiger partial charge in [-0.15, -0.1) is 0 Å². The molecule has 0 radical (unpaired) electrons. The summed E-state index contributed by atoms with van der Waals surface area (Å²) in [4.78, 5) is 23.3. The lowest BCUT2D eigenvalue weighted by Crippen LogP contribution is -2.36. The van der Waals surface area contributed by atoms with Crippen molar-refractivity contribution >= 4 is 16.9 Å². The number of ether oxygens (including phenoxy) is 1. The van der Waals surface area contributed by atoms with Crippen LogP contribution in [0.2, 0.25) is 0 Å². The number of hydrogen-bond donors (Lipinski definition) is 1. The van der Waals surface area contributed by atoms with Gasteiger partial charge in [0.15, 0.2) is 0 Å². The highest BCUT2D eigenvalue weighted by Crippen LogP contribution is 2.22. The van der Waals surface area contributed by atoms with Gasteiger partial charge in [-0.2, -0.15) is 0 Å². The maximum Gasteiger partial charge on any atom is 0.336 e. The second-order valence-electron chi connectivity index (χ2n) is 6.76. The molecule has 3 rings (SSSR count). The first-order valence-electron chi connectivity index (χ1n) is 9.08. The molecule has 1 fully saturated rings. The number of aryl methyl sites for hydroxylation is 1. The average molecular weight is 343 g/mol. The van der Waals surface area contributed by atoms with Crippen molar-refractivity contribution in [1.82, 2.24) is 5.32 Å². The van der Waals surface area contributed by atoms with E-state index < -0.39 is 0 Å². The second-order valence-corrected chi connectivity index (χ2v) is 6.76. The van der Waals surface area contributed by atoms with E-state index in [2.05, 4.69) is 5.32 Å². The fraction of sp³-hybridized carbons (Fsp3) is 0.500. The van der Waals surface area contributed by atoms with E-state index in [1.54, 1.807) is 12.1 Å². The lowest BCUT2D eigenvalue weighted by molar-refractivity contribution is -0.122. The van der Waals surface area contributed by atoms with Crippen molar-refractivity contribution in [2.45, 2.75) is 57.9 Å². The van der Waals surface area contributed by atoms with Crippen molar-refractivity contribution in [3.8, 4) is 5.75 Å². The zero-order valence-corrected chi connectivity index (χ0v) is 14.7. The number of hydrogen-bond acceptors (Lipinski definition) is 4. The van der Waals surface area contributed by atoms with Gasteiger partial charge in [0.05, 0.1) is 6.61 Å². The molecule has 2 aromatic rings. The lowest BCUT2D eigenvalue weighted by Gasteiger charge is -2.22. The highest BCUT2D eigenvalue weighted by Gasteiger charge is 2.15. The molecule has 1 saturated carbocycles. The van der Waals surface area contributed by atoms with Crippen LogP contribution in [0.3, 0.4) is 0 Å².